The van der Waals surface area contributed by atoms with Gasteiger partial charge in [-0.05, 0) is 24.0 Å². The molecule has 0 saturated heterocycles. The standard InChI is InChI=1S/C14H14N4O3/c15-10-11(17-14(21)18-12(10)19)13(20)16-9-6-5-7-3-1-2-4-8(7)9/h1-4,9H,5-6,15H2,(H,16,20)(H2,17,18,19,21). The molecule has 21 heavy (non-hydrogen) atoms. The number of nitrogen functional groups attached to an aromatic ring is 1. The van der Waals surface area contributed by atoms with Crippen LogP contribution in [-0.4, -0.2) is 15.9 Å². The van der Waals surface area contributed by atoms with E-state index in [0.29, 0.717) is 0 Å². The number of aromatic amines is 2. The zero-order chi connectivity index (χ0) is 15.0. The summed E-state index contributed by atoms with van der Waals surface area (Å²) in [6.45, 7) is 0. The average molecular weight is 286 g/mol. The number of aryl methyl sites for hydroxylation is 1. The number of nitrogens with one attached hydrogen (secondary N) is 3. The number of benzene rings is 1. The van der Waals surface area contributed by atoms with Crippen molar-refractivity contribution in [3.8, 4) is 0 Å². The predicted octanol–water partition coefficient (Wildman–Crippen LogP) is 0.0627. The Labute approximate surface area is 119 Å². The van der Waals surface area contributed by atoms with E-state index in [4.69, 9.17) is 5.73 Å². The fourth-order valence-electron chi connectivity index (χ4n) is 2.61. The smallest absolute Gasteiger partial charge is 0.326 e. The number of aromatic nitrogens is 2. The van der Waals surface area contributed by atoms with Crippen LogP contribution in [0.2, 0.25) is 0 Å². The minimum absolute atomic E-state index is 0.143. The first kappa shape index (κ1) is 13.2. The molecule has 0 aliphatic heterocycles. The fraction of sp³-hybridized carbons (Fsp3) is 0.214. The van der Waals surface area contributed by atoms with E-state index in [2.05, 4.69) is 10.3 Å². The van der Waals surface area contributed by atoms with Crippen LogP contribution in [0.25, 0.3) is 0 Å². The molecule has 0 spiro atoms. The number of rotatable bonds is 2. The van der Waals surface area contributed by atoms with E-state index in [9.17, 15) is 14.4 Å². The number of anilines is 1. The molecule has 2 aromatic rings. The van der Waals surface area contributed by atoms with Crippen LogP contribution in [0.4, 0.5) is 5.69 Å². The highest BCUT2D eigenvalue weighted by Crippen LogP contribution is 2.30. The third kappa shape index (κ3) is 2.33. The SMILES string of the molecule is Nc1c(C(=O)NC2CCc3ccccc32)[nH]c(=O)[nH]c1=O. The molecule has 1 amide bonds. The van der Waals surface area contributed by atoms with E-state index < -0.39 is 17.2 Å². The van der Waals surface area contributed by atoms with Gasteiger partial charge < -0.3 is 16.0 Å². The third-order valence-electron chi connectivity index (χ3n) is 3.64. The van der Waals surface area contributed by atoms with Gasteiger partial charge in [-0.3, -0.25) is 14.6 Å². The summed E-state index contributed by atoms with van der Waals surface area (Å²) in [5.74, 6) is -0.558. The highest BCUT2D eigenvalue weighted by atomic mass is 16.2. The maximum atomic E-state index is 12.2. The van der Waals surface area contributed by atoms with E-state index in [1.54, 1.807) is 0 Å². The molecule has 1 aromatic heterocycles. The first-order valence-corrected chi connectivity index (χ1v) is 6.57. The molecule has 0 fully saturated rings. The van der Waals surface area contributed by atoms with Gasteiger partial charge >= 0.3 is 5.69 Å². The number of hydrogen-bond donors (Lipinski definition) is 4. The Morgan fingerprint density at radius 1 is 1.24 bits per heavy atom. The van der Waals surface area contributed by atoms with E-state index in [1.807, 2.05) is 29.2 Å². The molecule has 1 aliphatic rings. The van der Waals surface area contributed by atoms with Gasteiger partial charge in [-0.2, -0.15) is 0 Å². The second-order valence-corrected chi connectivity index (χ2v) is 4.96. The zero-order valence-electron chi connectivity index (χ0n) is 11.1. The molecule has 7 nitrogen and oxygen atoms in total. The lowest BCUT2D eigenvalue weighted by atomic mass is 10.1. The molecule has 5 N–H and O–H groups in total. The van der Waals surface area contributed by atoms with Gasteiger partial charge in [0.15, 0.2) is 0 Å². The van der Waals surface area contributed by atoms with Crippen molar-refractivity contribution in [3.63, 3.8) is 0 Å². The average Bonchev–Trinajstić information content (AvgIpc) is 2.86. The van der Waals surface area contributed by atoms with Gasteiger partial charge in [0.1, 0.15) is 11.4 Å². The molecule has 0 radical (unpaired) electrons. The summed E-state index contributed by atoms with van der Waals surface area (Å²) in [7, 11) is 0. The van der Waals surface area contributed by atoms with Gasteiger partial charge in [0, 0.05) is 0 Å². The fourth-order valence-corrected chi connectivity index (χ4v) is 2.61. The Kier molecular flexibility index (Phi) is 3.09. The highest BCUT2D eigenvalue weighted by molar-refractivity contribution is 5.97. The monoisotopic (exact) mass is 286 g/mol. The molecular formula is C14H14N4O3. The lowest BCUT2D eigenvalue weighted by Crippen LogP contribution is -2.34. The molecule has 7 heteroatoms. The maximum absolute atomic E-state index is 12.2. The number of fused-ring (bicyclic) bond motifs is 1. The Morgan fingerprint density at radius 3 is 2.81 bits per heavy atom. The van der Waals surface area contributed by atoms with Crippen LogP contribution < -0.4 is 22.3 Å². The van der Waals surface area contributed by atoms with E-state index in [-0.39, 0.29) is 17.4 Å². The summed E-state index contributed by atoms with van der Waals surface area (Å²) >= 11 is 0. The van der Waals surface area contributed by atoms with Crippen LogP contribution >= 0.6 is 0 Å². The summed E-state index contributed by atoms with van der Waals surface area (Å²) in [4.78, 5) is 39.1. The summed E-state index contributed by atoms with van der Waals surface area (Å²) in [5, 5.41) is 2.80. The number of nitrogens with two attached hydrogens (primary N) is 1. The molecular weight excluding hydrogens is 272 g/mol. The summed E-state index contributed by atoms with van der Waals surface area (Å²) in [6.07, 6.45) is 1.65. The normalized spacial score (nSPS) is 16.5. The second-order valence-electron chi connectivity index (χ2n) is 4.96. The third-order valence-corrected chi connectivity index (χ3v) is 3.64. The molecule has 3 rings (SSSR count). The van der Waals surface area contributed by atoms with Crippen LogP contribution in [-0.2, 0) is 6.42 Å². The Balaban J connectivity index is 1.89. The Hall–Kier alpha value is -2.83. The van der Waals surface area contributed by atoms with Gasteiger partial charge in [0.2, 0.25) is 0 Å². The van der Waals surface area contributed by atoms with Crippen molar-refractivity contribution >= 4 is 11.6 Å². The molecule has 1 aromatic carbocycles. The number of H-pyrrole nitrogens is 2. The quantitative estimate of drug-likeness (QED) is 0.624. The van der Waals surface area contributed by atoms with Crippen molar-refractivity contribution in [3.05, 3.63) is 61.9 Å². The molecule has 0 saturated carbocycles. The molecule has 108 valence electrons. The predicted molar refractivity (Wildman–Crippen MR) is 77.1 cm³/mol. The lowest BCUT2D eigenvalue weighted by molar-refractivity contribution is 0.0932. The number of amides is 1. The van der Waals surface area contributed by atoms with Crippen LogP contribution in [0.5, 0.6) is 0 Å². The molecule has 0 bridgehead atoms. The van der Waals surface area contributed by atoms with Crippen LogP contribution in [0.15, 0.2) is 33.9 Å². The van der Waals surface area contributed by atoms with Gasteiger partial charge in [-0.15, -0.1) is 0 Å². The van der Waals surface area contributed by atoms with Gasteiger partial charge in [-0.1, -0.05) is 24.3 Å². The topological polar surface area (TPSA) is 121 Å². The largest absolute Gasteiger partial charge is 0.392 e. The maximum Gasteiger partial charge on any atom is 0.326 e. The Bertz CT molecular complexity index is 821. The Morgan fingerprint density at radius 2 is 2.00 bits per heavy atom. The molecule has 1 atom stereocenters. The van der Waals surface area contributed by atoms with Crippen molar-refractivity contribution in [2.24, 2.45) is 0 Å². The van der Waals surface area contributed by atoms with Crippen LogP contribution in [0, 0.1) is 0 Å². The van der Waals surface area contributed by atoms with E-state index in [0.717, 1.165) is 18.4 Å². The first-order chi connectivity index (χ1) is 10.1. The number of carbonyl (C=O) groups excluding carboxylic acids is 1. The van der Waals surface area contributed by atoms with Crippen LogP contribution in [0.1, 0.15) is 34.1 Å². The van der Waals surface area contributed by atoms with Crippen LogP contribution in [0.3, 0.4) is 0 Å². The van der Waals surface area contributed by atoms with E-state index in [1.165, 1.54) is 5.56 Å². The summed E-state index contributed by atoms with van der Waals surface area (Å²) < 4.78 is 0. The second kappa shape index (κ2) is 4.93. The summed E-state index contributed by atoms with van der Waals surface area (Å²) in [5.41, 5.74) is 5.77. The van der Waals surface area contributed by atoms with Gasteiger partial charge in [0.05, 0.1) is 6.04 Å². The molecule has 1 heterocycles. The van der Waals surface area contributed by atoms with Gasteiger partial charge in [0.25, 0.3) is 11.5 Å². The number of carbonyl (C=O) groups is 1. The number of hydrogen-bond acceptors (Lipinski definition) is 4. The van der Waals surface area contributed by atoms with Crippen molar-refractivity contribution in [1.82, 2.24) is 15.3 Å². The zero-order valence-corrected chi connectivity index (χ0v) is 11.1. The van der Waals surface area contributed by atoms with Crippen molar-refractivity contribution in [2.45, 2.75) is 18.9 Å². The molecule has 1 aliphatic carbocycles. The molecule has 1 unspecified atom stereocenters. The van der Waals surface area contributed by atoms with Crippen molar-refractivity contribution < 1.29 is 4.79 Å². The minimum atomic E-state index is -0.768. The van der Waals surface area contributed by atoms with Crippen molar-refractivity contribution in [2.75, 3.05) is 5.73 Å². The first-order valence-electron chi connectivity index (χ1n) is 6.57. The lowest BCUT2D eigenvalue weighted by Gasteiger charge is -2.14. The highest BCUT2D eigenvalue weighted by Gasteiger charge is 2.25. The summed E-state index contributed by atoms with van der Waals surface area (Å²) in [6, 6.07) is 7.69. The van der Waals surface area contributed by atoms with Crippen molar-refractivity contribution in [1.29, 1.82) is 0 Å². The van der Waals surface area contributed by atoms with E-state index >= 15 is 0 Å². The minimum Gasteiger partial charge on any atom is -0.392 e. The van der Waals surface area contributed by atoms with Gasteiger partial charge in [-0.25, -0.2) is 4.79 Å².